The van der Waals surface area contributed by atoms with Crippen LogP contribution in [0.5, 0.6) is 0 Å². The molecule has 0 aromatic rings. The van der Waals surface area contributed by atoms with E-state index in [1.54, 1.807) is 0 Å². The first kappa shape index (κ1) is 13.4. The number of imide groups is 1. The van der Waals surface area contributed by atoms with Crippen molar-refractivity contribution in [3.63, 3.8) is 0 Å². The average molecular weight is 216 g/mol. The zero-order valence-electron chi connectivity index (χ0n) is 8.87. The average Bonchev–Trinajstić information content (AvgIpc) is 2.11. The van der Waals surface area contributed by atoms with Crippen molar-refractivity contribution >= 4 is 17.9 Å². The standard InChI is InChI=1S/C9H16N2O4/c1-6(2)5-10-9(15)11-7(12)3-4-8(13)14/h6H,3-5H2,1-2H3,(H,13,14)(H2,10,11,12,15). The summed E-state index contributed by atoms with van der Waals surface area (Å²) in [5.41, 5.74) is 0. The number of nitrogens with one attached hydrogen (secondary N) is 2. The molecule has 0 aliphatic rings. The highest BCUT2D eigenvalue weighted by Crippen LogP contribution is 1.89. The maximum atomic E-state index is 11.0. The fraction of sp³-hybridized carbons (Fsp3) is 0.667. The molecule has 0 radical (unpaired) electrons. The summed E-state index contributed by atoms with van der Waals surface area (Å²) >= 11 is 0. The van der Waals surface area contributed by atoms with Crippen LogP contribution in [0.2, 0.25) is 0 Å². The van der Waals surface area contributed by atoms with Gasteiger partial charge in [0.2, 0.25) is 5.91 Å². The number of carboxylic acids is 1. The summed E-state index contributed by atoms with van der Waals surface area (Å²) in [7, 11) is 0. The third kappa shape index (κ3) is 8.73. The maximum absolute atomic E-state index is 11.0. The summed E-state index contributed by atoms with van der Waals surface area (Å²) in [6.45, 7) is 4.32. The Labute approximate surface area is 88.0 Å². The lowest BCUT2D eigenvalue weighted by Crippen LogP contribution is -2.40. The van der Waals surface area contributed by atoms with Gasteiger partial charge in [0, 0.05) is 13.0 Å². The number of hydrogen-bond acceptors (Lipinski definition) is 3. The molecule has 0 rings (SSSR count). The Bertz CT molecular complexity index is 250. The summed E-state index contributed by atoms with van der Waals surface area (Å²) in [6.07, 6.45) is -0.465. The SMILES string of the molecule is CC(C)CNC(=O)NC(=O)CCC(=O)O. The van der Waals surface area contributed by atoms with Gasteiger partial charge < -0.3 is 10.4 Å². The molecule has 6 nitrogen and oxygen atoms in total. The van der Waals surface area contributed by atoms with E-state index in [9.17, 15) is 14.4 Å². The predicted octanol–water partition coefficient (Wildman–Crippen LogP) is 0.333. The number of aliphatic carboxylic acids is 1. The van der Waals surface area contributed by atoms with E-state index < -0.39 is 17.9 Å². The molecule has 15 heavy (non-hydrogen) atoms. The van der Waals surface area contributed by atoms with Crippen LogP contribution in [0.3, 0.4) is 0 Å². The van der Waals surface area contributed by atoms with Gasteiger partial charge in [0.25, 0.3) is 0 Å². The highest BCUT2D eigenvalue weighted by atomic mass is 16.4. The molecule has 86 valence electrons. The van der Waals surface area contributed by atoms with Crippen LogP contribution in [-0.4, -0.2) is 29.6 Å². The van der Waals surface area contributed by atoms with Gasteiger partial charge in [0.1, 0.15) is 0 Å². The molecule has 0 fully saturated rings. The molecular formula is C9H16N2O4. The van der Waals surface area contributed by atoms with Gasteiger partial charge in [-0.15, -0.1) is 0 Å². The van der Waals surface area contributed by atoms with E-state index in [2.05, 4.69) is 5.32 Å². The molecule has 0 unspecified atom stereocenters. The molecule has 0 saturated carbocycles. The number of carbonyl (C=O) groups is 3. The first-order valence-electron chi connectivity index (χ1n) is 4.71. The Kier molecular flexibility index (Phi) is 6.08. The van der Waals surface area contributed by atoms with E-state index in [1.807, 2.05) is 19.2 Å². The van der Waals surface area contributed by atoms with Gasteiger partial charge in [-0.25, -0.2) is 4.79 Å². The molecular weight excluding hydrogens is 200 g/mol. The van der Waals surface area contributed by atoms with Gasteiger partial charge >= 0.3 is 12.0 Å². The molecule has 0 saturated heterocycles. The van der Waals surface area contributed by atoms with E-state index in [0.29, 0.717) is 12.5 Å². The largest absolute Gasteiger partial charge is 0.481 e. The Morgan fingerprint density at radius 2 is 1.80 bits per heavy atom. The molecule has 0 aromatic heterocycles. The van der Waals surface area contributed by atoms with Crippen LogP contribution >= 0.6 is 0 Å². The van der Waals surface area contributed by atoms with E-state index in [1.165, 1.54) is 0 Å². The van der Waals surface area contributed by atoms with Crippen LogP contribution in [0.4, 0.5) is 4.79 Å². The minimum Gasteiger partial charge on any atom is -0.481 e. The smallest absolute Gasteiger partial charge is 0.321 e. The number of hydrogen-bond donors (Lipinski definition) is 3. The second kappa shape index (κ2) is 6.80. The molecule has 0 spiro atoms. The Hall–Kier alpha value is -1.59. The first-order valence-corrected chi connectivity index (χ1v) is 4.71. The normalized spacial score (nSPS) is 9.80. The fourth-order valence-corrected chi connectivity index (χ4v) is 0.751. The van der Waals surface area contributed by atoms with E-state index in [4.69, 9.17) is 5.11 Å². The number of carboxylic acid groups (broad SMARTS) is 1. The monoisotopic (exact) mass is 216 g/mol. The fourth-order valence-electron chi connectivity index (χ4n) is 0.751. The van der Waals surface area contributed by atoms with Crippen molar-refractivity contribution in [1.29, 1.82) is 0 Å². The number of amides is 3. The van der Waals surface area contributed by atoms with Crippen LogP contribution < -0.4 is 10.6 Å². The van der Waals surface area contributed by atoms with Gasteiger partial charge in [-0.05, 0) is 5.92 Å². The van der Waals surface area contributed by atoms with Crippen molar-refractivity contribution in [3.05, 3.63) is 0 Å². The minimum absolute atomic E-state index is 0.190. The molecule has 0 aliphatic carbocycles. The summed E-state index contributed by atoms with van der Waals surface area (Å²) in [5, 5.41) is 12.8. The molecule has 0 bridgehead atoms. The highest BCUT2D eigenvalue weighted by molar-refractivity contribution is 5.95. The van der Waals surface area contributed by atoms with Crippen molar-refractivity contribution in [3.8, 4) is 0 Å². The lowest BCUT2D eigenvalue weighted by Gasteiger charge is -2.07. The molecule has 0 aliphatic heterocycles. The molecule has 3 N–H and O–H groups in total. The van der Waals surface area contributed by atoms with Crippen LogP contribution in [0.25, 0.3) is 0 Å². The summed E-state index contributed by atoms with van der Waals surface area (Å²) in [5.74, 6) is -1.35. The topological polar surface area (TPSA) is 95.5 Å². The third-order valence-electron chi connectivity index (χ3n) is 1.49. The number of carbonyl (C=O) groups excluding carboxylic acids is 2. The summed E-state index contributed by atoms with van der Waals surface area (Å²) < 4.78 is 0. The lowest BCUT2D eigenvalue weighted by molar-refractivity contribution is -0.138. The van der Waals surface area contributed by atoms with Crippen LogP contribution in [-0.2, 0) is 9.59 Å². The van der Waals surface area contributed by atoms with Crippen molar-refractivity contribution in [2.75, 3.05) is 6.54 Å². The molecule has 0 aromatic carbocycles. The van der Waals surface area contributed by atoms with E-state index >= 15 is 0 Å². The molecule has 0 atom stereocenters. The highest BCUT2D eigenvalue weighted by Gasteiger charge is 2.09. The second-order valence-electron chi connectivity index (χ2n) is 3.55. The van der Waals surface area contributed by atoms with Crippen LogP contribution in [0.15, 0.2) is 0 Å². The van der Waals surface area contributed by atoms with E-state index in [0.717, 1.165) is 0 Å². The lowest BCUT2D eigenvalue weighted by atomic mass is 10.2. The Morgan fingerprint density at radius 1 is 1.20 bits per heavy atom. The predicted molar refractivity (Wildman–Crippen MR) is 53.2 cm³/mol. The zero-order valence-corrected chi connectivity index (χ0v) is 8.87. The van der Waals surface area contributed by atoms with Crippen molar-refractivity contribution in [1.82, 2.24) is 10.6 Å². The van der Waals surface area contributed by atoms with Crippen molar-refractivity contribution < 1.29 is 19.5 Å². The van der Waals surface area contributed by atoms with Gasteiger partial charge in [-0.2, -0.15) is 0 Å². The summed E-state index contributed by atoms with van der Waals surface area (Å²) in [6, 6.07) is -0.584. The minimum atomic E-state index is -1.06. The summed E-state index contributed by atoms with van der Waals surface area (Å²) in [4.78, 5) is 32.1. The zero-order chi connectivity index (χ0) is 11.8. The quantitative estimate of drug-likeness (QED) is 0.617. The molecule has 3 amide bonds. The van der Waals surface area contributed by atoms with Gasteiger partial charge in [-0.3, -0.25) is 14.9 Å². The Balaban J connectivity index is 3.67. The first-order chi connectivity index (χ1) is 6.91. The van der Waals surface area contributed by atoms with Crippen molar-refractivity contribution in [2.24, 2.45) is 5.92 Å². The van der Waals surface area contributed by atoms with Gasteiger partial charge in [0.05, 0.1) is 6.42 Å². The van der Waals surface area contributed by atoms with E-state index in [-0.39, 0.29) is 12.8 Å². The molecule has 0 heterocycles. The van der Waals surface area contributed by atoms with Crippen LogP contribution in [0.1, 0.15) is 26.7 Å². The van der Waals surface area contributed by atoms with Gasteiger partial charge in [-0.1, -0.05) is 13.8 Å². The Morgan fingerprint density at radius 3 is 2.27 bits per heavy atom. The molecule has 6 heteroatoms. The second-order valence-corrected chi connectivity index (χ2v) is 3.55. The van der Waals surface area contributed by atoms with Gasteiger partial charge in [0.15, 0.2) is 0 Å². The van der Waals surface area contributed by atoms with Crippen LogP contribution in [0, 0.1) is 5.92 Å². The maximum Gasteiger partial charge on any atom is 0.321 e. The number of urea groups is 1. The number of rotatable bonds is 5. The van der Waals surface area contributed by atoms with Crippen molar-refractivity contribution in [2.45, 2.75) is 26.7 Å². The third-order valence-corrected chi connectivity index (χ3v) is 1.49.